The van der Waals surface area contributed by atoms with Gasteiger partial charge in [0, 0.05) is 18.0 Å². The van der Waals surface area contributed by atoms with Crippen molar-refractivity contribution in [3.05, 3.63) is 35.7 Å². The third kappa shape index (κ3) is 3.39. The molecule has 0 unspecified atom stereocenters. The molecule has 74 valence electrons. The second-order valence-corrected chi connectivity index (χ2v) is 3.00. The van der Waals surface area contributed by atoms with Gasteiger partial charge in [0.1, 0.15) is 0 Å². The highest BCUT2D eigenvalue weighted by Crippen LogP contribution is 2.04. The highest BCUT2D eigenvalue weighted by atomic mass is 16.4. The molecule has 0 atom stereocenters. The Morgan fingerprint density at radius 2 is 2.36 bits per heavy atom. The normalized spacial score (nSPS) is 10.6. The molecule has 1 heterocycles. The number of nitrogens with zero attached hydrogens (tertiary/aromatic N) is 1. The number of aliphatic carboxylic acids is 1. The van der Waals surface area contributed by atoms with Crippen molar-refractivity contribution in [2.75, 3.05) is 0 Å². The lowest BCUT2D eigenvalue weighted by Crippen LogP contribution is -1.89. The lowest BCUT2D eigenvalue weighted by Gasteiger charge is -1.97. The average Bonchev–Trinajstić information content (AvgIpc) is 2.17. The van der Waals surface area contributed by atoms with E-state index in [1.807, 2.05) is 12.1 Å². The van der Waals surface area contributed by atoms with Crippen molar-refractivity contribution >= 4 is 12.0 Å². The Balaban J connectivity index is 2.68. The lowest BCUT2D eigenvalue weighted by molar-refractivity contribution is -0.131. The van der Waals surface area contributed by atoms with Crippen LogP contribution in [-0.2, 0) is 11.2 Å². The van der Waals surface area contributed by atoms with Crippen LogP contribution in [0.1, 0.15) is 24.6 Å². The fourth-order valence-corrected chi connectivity index (χ4v) is 1.11. The first-order valence-electron chi connectivity index (χ1n) is 4.58. The van der Waals surface area contributed by atoms with E-state index in [2.05, 4.69) is 11.9 Å². The minimum absolute atomic E-state index is 0.812. The van der Waals surface area contributed by atoms with E-state index < -0.39 is 5.97 Å². The summed E-state index contributed by atoms with van der Waals surface area (Å²) in [4.78, 5) is 14.4. The number of carboxylic acid groups (broad SMARTS) is 1. The molecule has 0 bridgehead atoms. The molecule has 0 amide bonds. The van der Waals surface area contributed by atoms with E-state index in [0.717, 1.165) is 30.2 Å². The average molecular weight is 191 g/mol. The zero-order valence-electron chi connectivity index (χ0n) is 8.10. The summed E-state index contributed by atoms with van der Waals surface area (Å²) < 4.78 is 0. The van der Waals surface area contributed by atoms with Crippen molar-refractivity contribution in [1.29, 1.82) is 0 Å². The zero-order valence-corrected chi connectivity index (χ0v) is 8.10. The molecule has 3 heteroatoms. The van der Waals surface area contributed by atoms with Crippen LogP contribution in [0.3, 0.4) is 0 Å². The fourth-order valence-electron chi connectivity index (χ4n) is 1.11. The lowest BCUT2D eigenvalue weighted by atomic mass is 10.2. The molecule has 0 radical (unpaired) electrons. The van der Waals surface area contributed by atoms with Crippen LogP contribution >= 0.6 is 0 Å². The summed E-state index contributed by atoms with van der Waals surface area (Å²) in [5, 5.41) is 8.41. The zero-order chi connectivity index (χ0) is 10.4. The van der Waals surface area contributed by atoms with Crippen LogP contribution in [0.4, 0.5) is 0 Å². The predicted molar refractivity (Wildman–Crippen MR) is 54.9 cm³/mol. The fraction of sp³-hybridized carbons (Fsp3) is 0.273. The second-order valence-electron chi connectivity index (χ2n) is 3.00. The van der Waals surface area contributed by atoms with Gasteiger partial charge in [0.25, 0.3) is 0 Å². The molecule has 0 saturated heterocycles. The van der Waals surface area contributed by atoms with Gasteiger partial charge in [-0.05, 0) is 24.1 Å². The summed E-state index contributed by atoms with van der Waals surface area (Å²) in [5.74, 6) is -0.942. The SMILES string of the molecule is CCCc1ccc(/C=C/C(=O)O)cn1. The molecule has 1 aromatic heterocycles. The Morgan fingerprint density at radius 3 is 2.86 bits per heavy atom. The first kappa shape index (κ1) is 10.4. The molecule has 1 aromatic rings. The standard InChI is InChI=1S/C11H13NO2/c1-2-3-10-6-4-9(8-12-10)5-7-11(13)14/h4-8H,2-3H2,1H3,(H,13,14)/b7-5+. The summed E-state index contributed by atoms with van der Waals surface area (Å²) in [6, 6.07) is 3.79. The van der Waals surface area contributed by atoms with Gasteiger partial charge in [-0.2, -0.15) is 0 Å². The second kappa shape index (κ2) is 5.17. The van der Waals surface area contributed by atoms with Gasteiger partial charge < -0.3 is 5.11 Å². The number of aromatic nitrogens is 1. The number of carboxylic acids is 1. The van der Waals surface area contributed by atoms with E-state index in [1.54, 1.807) is 6.20 Å². The van der Waals surface area contributed by atoms with Crippen LogP contribution in [0, 0.1) is 0 Å². The summed E-state index contributed by atoms with van der Waals surface area (Å²) >= 11 is 0. The van der Waals surface area contributed by atoms with Gasteiger partial charge in [-0.25, -0.2) is 4.79 Å². The number of carbonyl (C=O) groups is 1. The minimum Gasteiger partial charge on any atom is -0.478 e. The first-order valence-corrected chi connectivity index (χ1v) is 4.58. The Hall–Kier alpha value is -1.64. The van der Waals surface area contributed by atoms with Crippen molar-refractivity contribution in [2.24, 2.45) is 0 Å². The topological polar surface area (TPSA) is 50.2 Å². The van der Waals surface area contributed by atoms with Gasteiger partial charge in [0.05, 0.1) is 0 Å². The first-order chi connectivity index (χ1) is 6.72. The van der Waals surface area contributed by atoms with Crippen molar-refractivity contribution in [3.63, 3.8) is 0 Å². The molecular formula is C11H13NO2. The van der Waals surface area contributed by atoms with Crippen LogP contribution in [0.15, 0.2) is 24.4 Å². The maximum Gasteiger partial charge on any atom is 0.328 e. The molecular weight excluding hydrogens is 178 g/mol. The highest BCUT2D eigenvalue weighted by Gasteiger charge is 1.93. The van der Waals surface area contributed by atoms with Crippen LogP contribution in [0.25, 0.3) is 6.08 Å². The number of rotatable bonds is 4. The molecule has 3 nitrogen and oxygen atoms in total. The molecule has 0 aromatic carbocycles. The molecule has 0 aliphatic heterocycles. The predicted octanol–water partition coefficient (Wildman–Crippen LogP) is 2.13. The maximum atomic E-state index is 10.2. The third-order valence-electron chi connectivity index (χ3n) is 1.77. The Kier molecular flexibility index (Phi) is 3.85. The Bertz CT molecular complexity index is 328. The molecule has 0 fully saturated rings. The van der Waals surface area contributed by atoms with Crippen molar-refractivity contribution in [2.45, 2.75) is 19.8 Å². The van der Waals surface area contributed by atoms with E-state index >= 15 is 0 Å². The van der Waals surface area contributed by atoms with Gasteiger partial charge in [0.15, 0.2) is 0 Å². The molecule has 14 heavy (non-hydrogen) atoms. The van der Waals surface area contributed by atoms with Gasteiger partial charge in [0.2, 0.25) is 0 Å². The number of aryl methyl sites for hydroxylation is 1. The van der Waals surface area contributed by atoms with Crippen molar-refractivity contribution in [3.8, 4) is 0 Å². The molecule has 1 rings (SSSR count). The number of hydrogen-bond acceptors (Lipinski definition) is 2. The number of pyridine rings is 1. The maximum absolute atomic E-state index is 10.2. The van der Waals surface area contributed by atoms with Gasteiger partial charge >= 0.3 is 5.97 Å². The van der Waals surface area contributed by atoms with Gasteiger partial charge in [-0.3, -0.25) is 4.98 Å². The third-order valence-corrected chi connectivity index (χ3v) is 1.77. The molecule has 0 spiro atoms. The summed E-state index contributed by atoms with van der Waals surface area (Å²) in [7, 11) is 0. The minimum atomic E-state index is -0.942. The van der Waals surface area contributed by atoms with E-state index in [9.17, 15) is 4.79 Å². The highest BCUT2D eigenvalue weighted by molar-refractivity contribution is 5.85. The molecule has 1 N–H and O–H groups in total. The molecule has 0 aliphatic rings. The quantitative estimate of drug-likeness (QED) is 0.742. The van der Waals surface area contributed by atoms with Crippen LogP contribution in [0.5, 0.6) is 0 Å². The van der Waals surface area contributed by atoms with E-state index in [1.165, 1.54) is 6.08 Å². The van der Waals surface area contributed by atoms with Crippen molar-refractivity contribution in [1.82, 2.24) is 4.98 Å². The molecule has 0 aliphatic carbocycles. The van der Waals surface area contributed by atoms with Gasteiger partial charge in [-0.15, -0.1) is 0 Å². The Labute approximate surface area is 83.1 Å². The van der Waals surface area contributed by atoms with E-state index in [4.69, 9.17) is 5.11 Å². The van der Waals surface area contributed by atoms with Crippen LogP contribution in [-0.4, -0.2) is 16.1 Å². The van der Waals surface area contributed by atoms with E-state index in [0.29, 0.717) is 0 Å². The Morgan fingerprint density at radius 1 is 1.57 bits per heavy atom. The van der Waals surface area contributed by atoms with Gasteiger partial charge in [-0.1, -0.05) is 19.4 Å². The largest absolute Gasteiger partial charge is 0.478 e. The van der Waals surface area contributed by atoms with Crippen LogP contribution < -0.4 is 0 Å². The number of hydrogen-bond donors (Lipinski definition) is 1. The smallest absolute Gasteiger partial charge is 0.328 e. The molecule has 0 saturated carbocycles. The van der Waals surface area contributed by atoms with Crippen molar-refractivity contribution < 1.29 is 9.90 Å². The van der Waals surface area contributed by atoms with E-state index in [-0.39, 0.29) is 0 Å². The van der Waals surface area contributed by atoms with Crippen LogP contribution in [0.2, 0.25) is 0 Å². The summed E-state index contributed by atoms with van der Waals surface area (Å²) in [6.07, 6.45) is 6.35. The summed E-state index contributed by atoms with van der Waals surface area (Å²) in [6.45, 7) is 2.10. The summed E-state index contributed by atoms with van der Waals surface area (Å²) in [5.41, 5.74) is 1.85. The monoisotopic (exact) mass is 191 g/mol.